The number of rotatable bonds is 6. The summed E-state index contributed by atoms with van der Waals surface area (Å²) in [5, 5.41) is 15.5. The van der Waals surface area contributed by atoms with E-state index in [0.29, 0.717) is 12.4 Å². The molecule has 0 aliphatic heterocycles. The maximum atomic E-state index is 10.7. The van der Waals surface area contributed by atoms with Crippen molar-refractivity contribution in [2.24, 2.45) is 0 Å². The van der Waals surface area contributed by atoms with Gasteiger partial charge in [-0.15, -0.1) is 0 Å². The van der Waals surface area contributed by atoms with Crippen LogP contribution in [0.5, 0.6) is 5.75 Å². The average Bonchev–Trinajstić information content (AvgIpc) is 3.08. The first kappa shape index (κ1) is 14.8. The molecule has 3 rings (SSSR count). The molecule has 2 heterocycles. The highest BCUT2D eigenvalue weighted by atomic mass is 16.5. The summed E-state index contributed by atoms with van der Waals surface area (Å²) in [5.74, 6) is -0.192. The van der Waals surface area contributed by atoms with Crippen molar-refractivity contribution in [3.8, 4) is 17.0 Å². The van der Waals surface area contributed by atoms with Crippen molar-refractivity contribution in [3.63, 3.8) is 0 Å². The lowest BCUT2D eigenvalue weighted by molar-refractivity contribution is -0.136. The van der Waals surface area contributed by atoms with Crippen LogP contribution < -0.4 is 4.74 Å². The fourth-order valence-corrected chi connectivity index (χ4v) is 2.20. The maximum absolute atomic E-state index is 10.7. The van der Waals surface area contributed by atoms with Gasteiger partial charge < -0.3 is 9.84 Å². The summed E-state index contributed by atoms with van der Waals surface area (Å²) in [6, 6.07) is 11.1. The van der Waals surface area contributed by atoms with Crippen LogP contribution in [0.1, 0.15) is 11.1 Å². The number of hydrogen-bond acceptors (Lipinski definition) is 4. The first-order valence-electron chi connectivity index (χ1n) is 7.08. The minimum atomic E-state index is -0.845. The number of carboxylic acid groups (broad SMARTS) is 1. The lowest BCUT2D eigenvalue weighted by Gasteiger charge is -2.07. The number of carbonyl (C=O) groups is 1. The van der Waals surface area contributed by atoms with Gasteiger partial charge in [-0.3, -0.25) is 14.9 Å². The van der Waals surface area contributed by atoms with Gasteiger partial charge in [-0.05, 0) is 23.3 Å². The third-order valence-electron chi connectivity index (χ3n) is 3.28. The summed E-state index contributed by atoms with van der Waals surface area (Å²) in [7, 11) is 0. The van der Waals surface area contributed by atoms with Gasteiger partial charge >= 0.3 is 5.97 Å². The Morgan fingerprint density at radius 1 is 1.17 bits per heavy atom. The van der Waals surface area contributed by atoms with Crippen molar-refractivity contribution in [2.75, 3.05) is 0 Å². The van der Waals surface area contributed by atoms with E-state index in [1.807, 2.05) is 30.3 Å². The fourth-order valence-electron chi connectivity index (χ4n) is 2.20. The Morgan fingerprint density at radius 2 is 2.04 bits per heavy atom. The van der Waals surface area contributed by atoms with Crippen LogP contribution in [0.15, 0.2) is 55.0 Å². The van der Waals surface area contributed by atoms with Gasteiger partial charge in [-0.2, -0.15) is 5.10 Å². The predicted molar refractivity (Wildman–Crippen MR) is 83.9 cm³/mol. The molecule has 1 aromatic carbocycles. The Kier molecular flexibility index (Phi) is 4.33. The highest BCUT2D eigenvalue weighted by molar-refractivity contribution is 5.70. The number of carboxylic acids is 1. The van der Waals surface area contributed by atoms with Crippen LogP contribution in [-0.2, 0) is 17.8 Å². The molecule has 0 aliphatic rings. The maximum Gasteiger partial charge on any atom is 0.307 e. The molecule has 0 spiro atoms. The van der Waals surface area contributed by atoms with Gasteiger partial charge in [-0.1, -0.05) is 24.3 Å². The van der Waals surface area contributed by atoms with Crippen molar-refractivity contribution in [1.82, 2.24) is 15.2 Å². The van der Waals surface area contributed by atoms with E-state index in [2.05, 4.69) is 15.2 Å². The second-order valence-electron chi connectivity index (χ2n) is 5.05. The molecule has 0 fully saturated rings. The minimum Gasteiger partial charge on any atom is -0.487 e. The quantitative estimate of drug-likeness (QED) is 0.731. The molecule has 6 heteroatoms. The molecular weight excluding hydrogens is 294 g/mol. The van der Waals surface area contributed by atoms with E-state index in [1.165, 1.54) is 0 Å². The van der Waals surface area contributed by atoms with E-state index in [9.17, 15) is 4.79 Å². The molecule has 116 valence electrons. The third kappa shape index (κ3) is 3.94. The SMILES string of the molecule is O=C(O)Cc1cccc(COc2ccc(-c3cn[nH]c3)nc2)c1. The molecule has 0 atom stereocenters. The molecule has 0 saturated heterocycles. The Balaban J connectivity index is 1.63. The van der Waals surface area contributed by atoms with Gasteiger partial charge in [-0.25, -0.2) is 0 Å². The summed E-state index contributed by atoms with van der Waals surface area (Å²) in [5.41, 5.74) is 3.40. The van der Waals surface area contributed by atoms with Crippen LogP contribution in [0.25, 0.3) is 11.3 Å². The monoisotopic (exact) mass is 309 g/mol. The topological polar surface area (TPSA) is 88.1 Å². The number of ether oxygens (including phenoxy) is 1. The second kappa shape index (κ2) is 6.74. The molecule has 2 N–H and O–H groups in total. The van der Waals surface area contributed by atoms with Crippen LogP contribution in [0, 0.1) is 0 Å². The first-order valence-corrected chi connectivity index (χ1v) is 7.08. The summed E-state index contributed by atoms with van der Waals surface area (Å²) in [4.78, 5) is 15.1. The highest BCUT2D eigenvalue weighted by Crippen LogP contribution is 2.19. The van der Waals surface area contributed by atoms with Crippen LogP contribution in [0.2, 0.25) is 0 Å². The molecule has 0 amide bonds. The molecule has 0 bridgehead atoms. The molecule has 6 nitrogen and oxygen atoms in total. The lowest BCUT2D eigenvalue weighted by Crippen LogP contribution is -2.02. The van der Waals surface area contributed by atoms with Crippen LogP contribution in [0.4, 0.5) is 0 Å². The number of H-pyrrole nitrogens is 1. The number of nitrogens with one attached hydrogen (secondary N) is 1. The van der Waals surface area contributed by atoms with E-state index in [1.54, 1.807) is 24.7 Å². The summed E-state index contributed by atoms with van der Waals surface area (Å²) in [6.07, 6.45) is 5.14. The van der Waals surface area contributed by atoms with Crippen molar-refractivity contribution in [3.05, 3.63) is 66.1 Å². The molecule has 2 aromatic heterocycles. The molecule has 0 unspecified atom stereocenters. The zero-order valence-corrected chi connectivity index (χ0v) is 12.3. The van der Waals surface area contributed by atoms with Gasteiger partial charge in [0.05, 0.1) is 24.5 Å². The second-order valence-corrected chi connectivity index (χ2v) is 5.05. The van der Waals surface area contributed by atoms with Gasteiger partial charge in [0.25, 0.3) is 0 Å². The first-order chi connectivity index (χ1) is 11.2. The summed E-state index contributed by atoms with van der Waals surface area (Å²) < 4.78 is 5.69. The average molecular weight is 309 g/mol. The summed E-state index contributed by atoms with van der Waals surface area (Å²) >= 11 is 0. The van der Waals surface area contributed by atoms with Gasteiger partial charge in [0, 0.05) is 11.8 Å². The zero-order valence-electron chi connectivity index (χ0n) is 12.3. The van der Waals surface area contributed by atoms with Crippen molar-refractivity contribution in [2.45, 2.75) is 13.0 Å². The number of aromatic nitrogens is 3. The Hall–Kier alpha value is -3.15. The number of pyridine rings is 1. The van der Waals surface area contributed by atoms with Crippen LogP contribution >= 0.6 is 0 Å². The Morgan fingerprint density at radius 3 is 2.74 bits per heavy atom. The largest absolute Gasteiger partial charge is 0.487 e. The number of benzene rings is 1. The molecule has 23 heavy (non-hydrogen) atoms. The Bertz CT molecular complexity index is 783. The van der Waals surface area contributed by atoms with Crippen molar-refractivity contribution in [1.29, 1.82) is 0 Å². The standard InChI is InChI=1S/C17H15N3O3/c21-17(22)7-12-2-1-3-13(6-12)11-23-15-4-5-16(18-10-15)14-8-19-20-9-14/h1-6,8-10H,7,11H2,(H,19,20)(H,21,22). The van der Waals surface area contributed by atoms with Gasteiger partial charge in [0.1, 0.15) is 12.4 Å². The van der Waals surface area contributed by atoms with E-state index in [4.69, 9.17) is 9.84 Å². The predicted octanol–water partition coefficient (Wildman–Crippen LogP) is 2.68. The Labute approximate surface area is 132 Å². The van der Waals surface area contributed by atoms with Gasteiger partial charge in [0.15, 0.2) is 0 Å². The third-order valence-corrected chi connectivity index (χ3v) is 3.28. The minimum absolute atomic E-state index is 0.00872. The van der Waals surface area contributed by atoms with Gasteiger partial charge in [0.2, 0.25) is 0 Å². The van der Waals surface area contributed by atoms with Crippen LogP contribution in [0.3, 0.4) is 0 Å². The van der Waals surface area contributed by atoms with Crippen molar-refractivity contribution >= 4 is 5.97 Å². The molecule has 0 radical (unpaired) electrons. The normalized spacial score (nSPS) is 10.4. The zero-order chi connectivity index (χ0) is 16.1. The fraction of sp³-hybridized carbons (Fsp3) is 0.118. The number of hydrogen-bond donors (Lipinski definition) is 2. The molecular formula is C17H15N3O3. The van der Waals surface area contributed by atoms with Crippen molar-refractivity contribution < 1.29 is 14.6 Å². The highest BCUT2D eigenvalue weighted by Gasteiger charge is 2.04. The smallest absolute Gasteiger partial charge is 0.307 e. The lowest BCUT2D eigenvalue weighted by atomic mass is 10.1. The number of aliphatic carboxylic acids is 1. The molecule has 0 aliphatic carbocycles. The number of aromatic amines is 1. The number of nitrogens with zero attached hydrogens (tertiary/aromatic N) is 2. The summed E-state index contributed by atoms with van der Waals surface area (Å²) in [6.45, 7) is 0.361. The van der Waals surface area contributed by atoms with Crippen LogP contribution in [-0.4, -0.2) is 26.3 Å². The van der Waals surface area contributed by atoms with E-state index in [-0.39, 0.29) is 6.42 Å². The van der Waals surface area contributed by atoms with E-state index < -0.39 is 5.97 Å². The molecule has 3 aromatic rings. The van der Waals surface area contributed by atoms with E-state index >= 15 is 0 Å². The molecule has 0 saturated carbocycles. The van der Waals surface area contributed by atoms with E-state index in [0.717, 1.165) is 22.4 Å².